The molecule has 2 heterocycles. The molecule has 0 spiro atoms. The molecule has 4 nitrogen and oxygen atoms in total. The van der Waals surface area contributed by atoms with Gasteiger partial charge in [0.05, 0.1) is 16.8 Å². The zero-order valence-electron chi connectivity index (χ0n) is 16.8. The molecule has 0 atom stereocenters. The first-order valence-electron chi connectivity index (χ1n) is 9.68. The monoisotopic (exact) mass is 425 g/mol. The molecule has 2 aromatic rings. The number of alkyl halides is 3. The Bertz CT molecular complexity index is 849. The van der Waals surface area contributed by atoms with Gasteiger partial charge in [-0.05, 0) is 24.5 Å². The van der Waals surface area contributed by atoms with Crippen molar-refractivity contribution in [3.8, 4) is 0 Å². The summed E-state index contributed by atoms with van der Waals surface area (Å²) in [5.41, 5.74) is -0.0455. The summed E-state index contributed by atoms with van der Waals surface area (Å²) >= 11 is 1.42. The minimum absolute atomic E-state index is 0.0699. The van der Waals surface area contributed by atoms with Gasteiger partial charge >= 0.3 is 6.18 Å². The minimum Gasteiger partial charge on any atom is -0.348 e. The number of hydrogen-bond acceptors (Lipinski definition) is 4. The van der Waals surface area contributed by atoms with Crippen molar-refractivity contribution >= 4 is 17.2 Å². The van der Waals surface area contributed by atoms with Crippen molar-refractivity contribution in [3.05, 3.63) is 51.5 Å². The van der Waals surface area contributed by atoms with Crippen LogP contribution in [0.3, 0.4) is 0 Å². The van der Waals surface area contributed by atoms with Crippen molar-refractivity contribution in [1.29, 1.82) is 0 Å². The third-order valence-corrected chi connectivity index (χ3v) is 6.38. The predicted molar refractivity (Wildman–Crippen MR) is 108 cm³/mol. The molecule has 1 saturated heterocycles. The average molecular weight is 426 g/mol. The normalized spacial score (nSPS) is 16.8. The lowest BCUT2D eigenvalue weighted by Gasteiger charge is -2.32. The number of aromatic nitrogens is 1. The Hall–Kier alpha value is -1.93. The van der Waals surface area contributed by atoms with Crippen LogP contribution in [0.2, 0.25) is 0 Å². The van der Waals surface area contributed by atoms with Crippen LogP contribution in [0, 0.1) is 0 Å². The van der Waals surface area contributed by atoms with E-state index in [-0.39, 0.29) is 17.4 Å². The number of carbonyl (C=O) groups excluding carboxylic acids is 1. The summed E-state index contributed by atoms with van der Waals surface area (Å²) in [5, 5.41) is 4.00. The number of carbonyl (C=O) groups is 1. The fraction of sp³-hybridized carbons (Fsp3) is 0.524. The number of halogens is 3. The number of nitrogens with zero attached hydrogens (tertiary/aromatic N) is 2. The maximum atomic E-state index is 12.9. The molecule has 0 saturated carbocycles. The number of piperidine rings is 1. The van der Waals surface area contributed by atoms with Crippen LogP contribution in [0.5, 0.6) is 0 Å². The van der Waals surface area contributed by atoms with Crippen LogP contribution in [0.1, 0.15) is 59.4 Å². The zero-order valence-corrected chi connectivity index (χ0v) is 17.7. The number of likely N-dealkylation sites (tertiary alicyclic amines) is 1. The summed E-state index contributed by atoms with van der Waals surface area (Å²) < 4.78 is 38.6. The summed E-state index contributed by atoms with van der Waals surface area (Å²) in [6.45, 7) is 8.14. The third-order valence-electron chi connectivity index (χ3n) is 4.95. The van der Waals surface area contributed by atoms with Crippen molar-refractivity contribution in [2.45, 2.75) is 57.8 Å². The van der Waals surface area contributed by atoms with Crippen LogP contribution in [-0.4, -0.2) is 34.9 Å². The van der Waals surface area contributed by atoms with Crippen molar-refractivity contribution < 1.29 is 18.0 Å². The summed E-state index contributed by atoms with van der Waals surface area (Å²) in [4.78, 5) is 19.6. The molecular weight excluding hydrogens is 399 g/mol. The largest absolute Gasteiger partial charge is 0.416 e. The van der Waals surface area contributed by atoms with Crippen LogP contribution < -0.4 is 5.32 Å². The number of thiazole rings is 1. The summed E-state index contributed by atoms with van der Waals surface area (Å²) in [5.74, 6) is -0.102. The van der Waals surface area contributed by atoms with Gasteiger partial charge in [0.2, 0.25) is 0 Å². The summed E-state index contributed by atoms with van der Waals surface area (Å²) in [7, 11) is 0. The molecular formula is C21H26F3N3OS. The number of rotatable bonds is 4. The molecule has 0 unspecified atom stereocenters. The minimum atomic E-state index is -4.32. The lowest BCUT2D eigenvalue weighted by Crippen LogP contribution is -2.44. The molecule has 8 heteroatoms. The number of nitrogens with one attached hydrogen (secondary N) is 1. The highest BCUT2D eigenvalue weighted by Gasteiger charge is 2.30. The fourth-order valence-electron chi connectivity index (χ4n) is 3.32. The number of amides is 1. The topological polar surface area (TPSA) is 45.2 Å². The van der Waals surface area contributed by atoms with Crippen molar-refractivity contribution in [3.63, 3.8) is 0 Å². The van der Waals surface area contributed by atoms with E-state index in [1.165, 1.54) is 23.5 Å². The molecule has 3 rings (SSSR count). The molecule has 1 aromatic carbocycles. The maximum Gasteiger partial charge on any atom is 0.416 e. The van der Waals surface area contributed by atoms with Gasteiger partial charge in [-0.1, -0.05) is 39.0 Å². The first kappa shape index (κ1) is 21.8. The van der Waals surface area contributed by atoms with E-state index in [1.54, 1.807) is 12.3 Å². The molecule has 1 N–H and O–H groups in total. The molecule has 1 aliphatic heterocycles. The van der Waals surface area contributed by atoms with Gasteiger partial charge in [0.1, 0.15) is 4.88 Å². The second-order valence-electron chi connectivity index (χ2n) is 8.50. The van der Waals surface area contributed by atoms with E-state index in [0.717, 1.165) is 37.0 Å². The van der Waals surface area contributed by atoms with E-state index in [0.29, 0.717) is 17.0 Å². The average Bonchev–Trinajstić information content (AvgIpc) is 3.14. The van der Waals surface area contributed by atoms with Gasteiger partial charge in [-0.3, -0.25) is 9.69 Å². The van der Waals surface area contributed by atoms with E-state index < -0.39 is 11.7 Å². The Labute approximate surface area is 173 Å². The Morgan fingerprint density at radius 3 is 2.52 bits per heavy atom. The number of benzene rings is 1. The quantitative estimate of drug-likeness (QED) is 0.761. The first-order chi connectivity index (χ1) is 13.5. The summed E-state index contributed by atoms with van der Waals surface area (Å²) in [6, 6.07) is 5.55. The predicted octanol–water partition coefficient (Wildman–Crippen LogP) is 4.85. The van der Waals surface area contributed by atoms with Gasteiger partial charge in [-0.2, -0.15) is 13.2 Å². The van der Waals surface area contributed by atoms with Crippen molar-refractivity contribution in [2.24, 2.45) is 0 Å². The Kier molecular flexibility index (Phi) is 6.33. The molecule has 1 aromatic heterocycles. The van der Waals surface area contributed by atoms with Crippen LogP contribution in [-0.2, 0) is 18.1 Å². The Balaban J connectivity index is 1.51. The fourth-order valence-corrected chi connectivity index (χ4v) is 4.20. The maximum absolute atomic E-state index is 12.9. The van der Waals surface area contributed by atoms with Crippen LogP contribution in [0.25, 0.3) is 0 Å². The molecule has 0 aliphatic carbocycles. The summed E-state index contributed by atoms with van der Waals surface area (Å²) in [6.07, 6.45) is -1.15. The standard InChI is InChI=1S/C21H26F3N3OS/c1-20(2,3)19-25-12-17(29-19)18(28)26-16-7-9-27(10-8-16)13-14-5-4-6-15(11-14)21(22,23)24/h4-6,11-12,16H,7-10,13H2,1-3H3,(H,26,28). The lowest BCUT2D eigenvalue weighted by atomic mass is 9.98. The highest BCUT2D eigenvalue weighted by Crippen LogP contribution is 2.30. The SMILES string of the molecule is CC(C)(C)c1ncc(C(=O)NC2CCN(Cc3cccc(C(F)(F)F)c3)CC2)s1. The lowest BCUT2D eigenvalue weighted by molar-refractivity contribution is -0.137. The van der Waals surface area contributed by atoms with E-state index in [9.17, 15) is 18.0 Å². The zero-order chi connectivity index (χ0) is 21.2. The number of hydrogen-bond donors (Lipinski definition) is 1. The molecule has 158 valence electrons. The molecule has 1 fully saturated rings. The Morgan fingerprint density at radius 1 is 1.24 bits per heavy atom. The van der Waals surface area contributed by atoms with Gasteiger partial charge in [-0.15, -0.1) is 11.3 Å². The van der Waals surface area contributed by atoms with Crippen molar-refractivity contribution in [1.82, 2.24) is 15.2 Å². The van der Waals surface area contributed by atoms with Crippen LogP contribution in [0.4, 0.5) is 13.2 Å². The smallest absolute Gasteiger partial charge is 0.348 e. The van der Waals surface area contributed by atoms with Gasteiger partial charge in [-0.25, -0.2) is 4.98 Å². The van der Waals surface area contributed by atoms with Crippen molar-refractivity contribution in [2.75, 3.05) is 13.1 Å². The van der Waals surface area contributed by atoms with E-state index in [2.05, 4.69) is 36.0 Å². The van der Waals surface area contributed by atoms with E-state index in [4.69, 9.17) is 0 Å². The molecule has 0 bridgehead atoms. The van der Waals surface area contributed by atoms with Crippen LogP contribution in [0.15, 0.2) is 30.5 Å². The molecule has 1 aliphatic rings. The van der Waals surface area contributed by atoms with E-state index in [1.807, 2.05) is 0 Å². The van der Waals surface area contributed by atoms with Crippen LogP contribution >= 0.6 is 11.3 Å². The molecule has 1 amide bonds. The first-order valence-corrected chi connectivity index (χ1v) is 10.5. The third kappa shape index (κ3) is 5.79. The highest BCUT2D eigenvalue weighted by molar-refractivity contribution is 7.13. The van der Waals surface area contributed by atoms with Gasteiger partial charge in [0.25, 0.3) is 5.91 Å². The second-order valence-corrected chi connectivity index (χ2v) is 9.53. The van der Waals surface area contributed by atoms with E-state index >= 15 is 0 Å². The van der Waals surface area contributed by atoms with Gasteiger partial charge in [0.15, 0.2) is 0 Å². The van der Waals surface area contributed by atoms with Gasteiger partial charge in [0, 0.05) is 31.1 Å². The highest BCUT2D eigenvalue weighted by atomic mass is 32.1. The van der Waals surface area contributed by atoms with Gasteiger partial charge < -0.3 is 5.32 Å². The second kappa shape index (κ2) is 8.44. The Morgan fingerprint density at radius 2 is 1.93 bits per heavy atom. The molecule has 0 radical (unpaired) electrons. The molecule has 29 heavy (non-hydrogen) atoms.